The summed E-state index contributed by atoms with van der Waals surface area (Å²) in [4.78, 5) is 36.3. The van der Waals surface area contributed by atoms with Crippen LogP contribution in [0.3, 0.4) is 0 Å². The number of ketones is 1. The fourth-order valence-corrected chi connectivity index (χ4v) is 2.67. The van der Waals surface area contributed by atoms with Crippen LogP contribution in [0.25, 0.3) is 0 Å². The molecule has 7 nitrogen and oxygen atoms in total. The van der Waals surface area contributed by atoms with Crippen LogP contribution in [0.2, 0.25) is 0 Å². The van der Waals surface area contributed by atoms with E-state index < -0.39 is 12.6 Å². The molecule has 0 saturated carbocycles. The lowest BCUT2D eigenvalue weighted by Crippen LogP contribution is -2.15. The first-order valence-electron chi connectivity index (χ1n) is 9.98. The third-order valence-electron chi connectivity index (χ3n) is 4.08. The summed E-state index contributed by atoms with van der Waals surface area (Å²) in [6.45, 7) is 6.12. The molecule has 0 heterocycles. The van der Waals surface area contributed by atoms with Crippen LogP contribution in [0.5, 0.6) is 11.5 Å². The second-order valence-electron chi connectivity index (χ2n) is 6.40. The molecule has 30 heavy (non-hydrogen) atoms. The number of esters is 1. The van der Waals surface area contributed by atoms with Gasteiger partial charge in [-0.2, -0.15) is 0 Å². The molecular formula is C23H27NO6. The first kappa shape index (κ1) is 22.9. The highest BCUT2D eigenvalue weighted by Gasteiger charge is 2.15. The van der Waals surface area contributed by atoms with Gasteiger partial charge in [-0.25, -0.2) is 4.79 Å². The van der Waals surface area contributed by atoms with E-state index in [0.717, 1.165) is 6.42 Å². The monoisotopic (exact) mass is 413 g/mol. The molecule has 0 spiro atoms. The summed E-state index contributed by atoms with van der Waals surface area (Å²) in [5, 5.41) is 2.75. The van der Waals surface area contributed by atoms with E-state index >= 15 is 0 Å². The smallest absolute Gasteiger partial charge is 0.338 e. The van der Waals surface area contributed by atoms with Crippen LogP contribution in [0.15, 0.2) is 42.5 Å². The van der Waals surface area contributed by atoms with Crippen molar-refractivity contribution in [2.75, 3.05) is 25.1 Å². The van der Waals surface area contributed by atoms with Crippen LogP contribution in [-0.2, 0) is 9.53 Å². The van der Waals surface area contributed by atoms with Crippen molar-refractivity contribution in [3.8, 4) is 11.5 Å². The highest BCUT2D eigenvalue weighted by molar-refractivity contribution is 6.00. The zero-order valence-electron chi connectivity index (χ0n) is 17.5. The number of hydrogen-bond donors (Lipinski definition) is 1. The quantitative estimate of drug-likeness (QED) is 0.437. The van der Waals surface area contributed by atoms with Gasteiger partial charge in [0.05, 0.1) is 18.8 Å². The molecule has 0 aliphatic rings. The molecule has 0 aliphatic carbocycles. The highest BCUT2D eigenvalue weighted by atomic mass is 16.5. The summed E-state index contributed by atoms with van der Waals surface area (Å²) in [7, 11) is 0. The van der Waals surface area contributed by atoms with Crippen LogP contribution in [0, 0.1) is 0 Å². The number of benzene rings is 2. The van der Waals surface area contributed by atoms with Gasteiger partial charge in [0.1, 0.15) is 0 Å². The number of hydrogen-bond acceptors (Lipinski definition) is 6. The van der Waals surface area contributed by atoms with E-state index in [0.29, 0.717) is 42.4 Å². The molecule has 1 N–H and O–H groups in total. The first-order chi connectivity index (χ1) is 14.5. The molecule has 0 atom stereocenters. The summed E-state index contributed by atoms with van der Waals surface area (Å²) in [6, 6.07) is 11.2. The van der Waals surface area contributed by atoms with Crippen LogP contribution in [0.1, 0.15) is 54.3 Å². The third-order valence-corrected chi connectivity index (χ3v) is 4.08. The molecule has 0 unspecified atom stereocenters. The maximum Gasteiger partial charge on any atom is 0.338 e. The van der Waals surface area contributed by atoms with Gasteiger partial charge in [0.2, 0.25) is 5.91 Å². The normalized spacial score (nSPS) is 10.2. The number of rotatable bonds is 11. The largest absolute Gasteiger partial charge is 0.490 e. The van der Waals surface area contributed by atoms with Crippen LogP contribution < -0.4 is 14.8 Å². The predicted octanol–water partition coefficient (Wildman–Crippen LogP) is 4.26. The predicted molar refractivity (Wildman–Crippen MR) is 113 cm³/mol. The van der Waals surface area contributed by atoms with E-state index in [1.54, 1.807) is 36.4 Å². The first-order valence-corrected chi connectivity index (χ1v) is 9.98. The van der Waals surface area contributed by atoms with Crippen LogP contribution >= 0.6 is 0 Å². The topological polar surface area (TPSA) is 90.9 Å². The molecule has 1 amide bonds. The summed E-state index contributed by atoms with van der Waals surface area (Å²) in [5.41, 5.74) is 1.27. The van der Waals surface area contributed by atoms with E-state index in [1.807, 2.05) is 20.8 Å². The Morgan fingerprint density at radius 1 is 0.833 bits per heavy atom. The van der Waals surface area contributed by atoms with Crippen molar-refractivity contribution in [3.05, 3.63) is 53.6 Å². The maximum atomic E-state index is 12.3. The molecule has 2 aromatic rings. The molecule has 0 aliphatic heterocycles. The zero-order chi connectivity index (χ0) is 21.9. The van der Waals surface area contributed by atoms with Crippen LogP contribution in [0.4, 0.5) is 5.69 Å². The second kappa shape index (κ2) is 11.6. The molecule has 0 radical (unpaired) electrons. The summed E-state index contributed by atoms with van der Waals surface area (Å²) >= 11 is 0. The van der Waals surface area contributed by atoms with Gasteiger partial charge in [-0.3, -0.25) is 9.59 Å². The van der Waals surface area contributed by atoms with Crippen LogP contribution in [-0.4, -0.2) is 37.5 Å². The Morgan fingerprint density at radius 3 is 2.10 bits per heavy atom. The molecule has 0 aromatic heterocycles. The molecule has 0 saturated heterocycles. The van der Waals surface area contributed by atoms with Crippen molar-refractivity contribution in [1.29, 1.82) is 0 Å². The van der Waals surface area contributed by atoms with Gasteiger partial charge in [-0.15, -0.1) is 0 Å². The minimum absolute atomic E-state index is 0.0766. The zero-order valence-corrected chi connectivity index (χ0v) is 17.5. The van der Waals surface area contributed by atoms with Crippen molar-refractivity contribution in [2.24, 2.45) is 0 Å². The van der Waals surface area contributed by atoms with E-state index in [-0.39, 0.29) is 17.3 Å². The Labute approximate surface area is 176 Å². The van der Waals surface area contributed by atoms with E-state index in [4.69, 9.17) is 14.2 Å². The SMILES string of the molecule is CCCC(=O)Nc1ccc(C(=O)COC(=O)c2ccc(OCC)c(OCC)c2)cc1. The number of anilines is 1. The summed E-state index contributed by atoms with van der Waals surface area (Å²) < 4.78 is 16.1. The van der Waals surface area contributed by atoms with Gasteiger partial charge < -0.3 is 19.5 Å². The molecule has 0 fully saturated rings. The fourth-order valence-electron chi connectivity index (χ4n) is 2.67. The van der Waals surface area contributed by atoms with Gasteiger partial charge in [0.25, 0.3) is 0 Å². The lowest BCUT2D eigenvalue weighted by Gasteiger charge is -2.12. The van der Waals surface area contributed by atoms with Crippen molar-refractivity contribution in [1.82, 2.24) is 0 Å². The minimum atomic E-state index is -0.629. The van der Waals surface area contributed by atoms with E-state index in [2.05, 4.69) is 5.32 Å². The number of ether oxygens (including phenoxy) is 3. The number of nitrogens with one attached hydrogen (secondary N) is 1. The van der Waals surface area contributed by atoms with E-state index in [9.17, 15) is 14.4 Å². The molecule has 7 heteroatoms. The van der Waals surface area contributed by atoms with Gasteiger partial charge in [-0.1, -0.05) is 6.92 Å². The molecular weight excluding hydrogens is 386 g/mol. The summed E-state index contributed by atoms with van der Waals surface area (Å²) in [6.07, 6.45) is 1.20. The lowest BCUT2D eigenvalue weighted by atomic mass is 10.1. The minimum Gasteiger partial charge on any atom is -0.490 e. The van der Waals surface area contributed by atoms with Crippen molar-refractivity contribution < 1.29 is 28.6 Å². The Hall–Kier alpha value is -3.35. The Kier molecular flexibility index (Phi) is 8.87. The third kappa shape index (κ3) is 6.62. The maximum absolute atomic E-state index is 12.3. The molecule has 160 valence electrons. The Balaban J connectivity index is 1.96. The lowest BCUT2D eigenvalue weighted by molar-refractivity contribution is -0.116. The van der Waals surface area contributed by atoms with Crippen molar-refractivity contribution in [3.63, 3.8) is 0 Å². The standard InChI is InChI=1S/C23H27NO6/c1-4-7-22(26)24-18-11-8-16(9-12-18)19(25)15-30-23(27)17-10-13-20(28-5-2)21(14-17)29-6-3/h8-14H,4-7,15H2,1-3H3,(H,24,26). The highest BCUT2D eigenvalue weighted by Crippen LogP contribution is 2.28. The average molecular weight is 413 g/mol. The van der Waals surface area contributed by atoms with Gasteiger partial charge in [-0.05, 0) is 62.7 Å². The second-order valence-corrected chi connectivity index (χ2v) is 6.40. The van der Waals surface area contributed by atoms with Crippen molar-refractivity contribution >= 4 is 23.3 Å². The number of amides is 1. The molecule has 2 rings (SSSR count). The Bertz CT molecular complexity index is 876. The summed E-state index contributed by atoms with van der Waals surface area (Å²) in [5.74, 6) is -0.0623. The number of carbonyl (C=O) groups excluding carboxylic acids is 3. The van der Waals surface area contributed by atoms with Crippen molar-refractivity contribution in [2.45, 2.75) is 33.6 Å². The van der Waals surface area contributed by atoms with Gasteiger partial charge in [0, 0.05) is 17.7 Å². The average Bonchev–Trinajstić information content (AvgIpc) is 2.74. The molecule has 2 aromatic carbocycles. The number of carbonyl (C=O) groups is 3. The number of Topliss-reactive ketones (excluding diaryl/α,β-unsaturated/α-hetero) is 1. The van der Waals surface area contributed by atoms with Gasteiger partial charge in [0.15, 0.2) is 23.9 Å². The van der Waals surface area contributed by atoms with Gasteiger partial charge >= 0.3 is 5.97 Å². The van der Waals surface area contributed by atoms with E-state index in [1.165, 1.54) is 6.07 Å². The Morgan fingerprint density at radius 2 is 1.47 bits per heavy atom. The fraction of sp³-hybridized carbons (Fsp3) is 0.348. The molecule has 0 bridgehead atoms.